The van der Waals surface area contributed by atoms with Crippen molar-refractivity contribution in [2.24, 2.45) is 11.5 Å². The number of nitrogens with zero attached hydrogens (tertiary/aromatic N) is 1. The molecule has 0 aliphatic carbocycles. The zero-order valence-electron chi connectivity index (χ0n) is 9.35. The van der Waals surface area contributed by atoms with Gasteiger partial charge in [-0.15, -0.1) is 0 Å². The molecule has 1 atom stereocenters. The molecular weight excluding hydrogens is 226 g/mol. The maximum Gasteiger partial charge on any atom is 0.237 e. The number of carbonyl (C=O) groups is 1. The Morgan fingerprint density at radius 2 is 2.19 bits per heavy atom. The number of thiocarbonyl (C=S) groups is 1. The Labute approximate surface area is 101 Å². The van der Waals surface area contributed by atoms with Gasteiger partial charge in [0.2, 0.25) is 5.91 Å². The predicted molar refractivity (Wildman–Crippen MR) is 66.0 cm³/mol. The van der Waals surface area contributed by atoms with Gasteiger partial charge in [-0.25, -0.2) is 0 Å². The summed E-state index contributed by atoms with van der Waals surface area (Å²) in [5.74, 6) is -0.311. The van der Waals surface area contributed by atoms with E-state index in [0.29, 0.717) is 18.2 Å². The molecule has 4 N–H and O–H groups in total. The Kier molecular flexibility index (Phi) is 5.65. The number of primary amides is 1. The molecule has 1 fully saturated rings. The predicted octanol–water partition coefficient (Wildman–Crippen LogP) is -0.371. The number of morpholine rings is 1. The van der Waals surface area contributed by atoms with Gasteiger partial charge >= 0.3 is 0 Å². The van der Waals surface area contributed by atoms with E-state index in [2.05, 4.69) is 4.90 Å². The summed E-state index contributed by atoms with van der Waals surface area (Å²) in [6.07, 6.45) is 2.69. The zero-order chi connectivity index (χ0) is 12.0. The highest BCUT2D eigenvalue weighted by atomic mass is 32.1. The third kappa shape index (κ3) is 4.42. The number of ether oxygens (including phenoxy) is 1. The summed E-state index contributed by atoms with van der Waals surface area (Å²) in [5.41, 5.74) is 10.7. The van der Waals surface area contributed by atoms with Crippen LogP contribution in [0.15, 0.2) is 0 Å². The molecule has 16 heavy (non-hydrogen) atoms. The molecule has 1 aliphatic rings. The van der Waals surface area contributed by atoms with Gasteiger partial charge in [0.05, 0.1) is 18.2 Å². The SMILES string of the molecule is NC(=O)C1COCCN1CCCCC(N)=S. The summed E-state index contributed by atoms with van der Waals surface area (Å²) in [6.45, 7) is 2.68. The van der Waals surface area contributed by atoms with Gasteiger partial charge in [-0.3, -0.25) is 9.69 Å². The fourth-order valence-corrected chi connectivity index (χ4v) is 1.93. The van der Waals surface area contributed by atoms with Crippen molar-refractivity contribution < 1.29 is 9.53 Å². The van der Waals surface area contributed by atoms with Crippen LogP contribution in [-0.4, -0.2) is 48.1 Å². The first kappa shape index (κ1) is 13.3. The molecule has 0 aromatic heterocycles. The van der Waals surface area contributed by atoms with Gasteiger partial charge in [0.15, 0.2) is 0 Å². The molecule has 92 valence electrons. The second-order valence-corrected chi connectivity index (χ2v) is 4.48. The number of carbonyl (C=O) groups excluding carboxylic acids is 1. The van der Waals surface area contributed by atoms with Crippen LogP contribution < -0.4 is 11.5 Å². The topological polar surface area (TPSA) is 81.6 Å². The van der Waals surface area contributed by atoms with E-state index in [0.717, 1.165) is 32.4 Å². The highest BCUT2D eigenvalue weighted by Crippen LogP contribution is 2.08. The van der Waals surface area contributed by atoms with E-state index in [-0.39, 0.29) is 11.9 Å². The van der Waals surface area contributed by atoms with Crippen molar-refractivity contribution in [1.29, 1.82) is 0 Å². The van der Waals surface area contributed by atoms with Crippen molar-refractivity contribution in [3.8, 4) is 0 Å². The van der Waals surface area contributed by atoms with Gasteiger partial charge in [-0.1, -0.05) is 12.2 Å². The Bertz CT molecular complexity index is 260. The van der Waals surface area contributed by atoms with Crippen LogP contribution in [0.3, 0.4) is 0 Å². The van der Waals surface area contributed by atoms with Gasteiger partial charge in [-0.05, 0) is 25.8 Å². The minimum absolute atomic E-state index is 0.279. The lowest BCUT2D eigenvalue weighted by molar-refractivity contribution is -0.129. The molecule has 0 radical (unpaired) electrons. The Balaban J connectivity index is 2.27. The van der Waals surface area contributed by atoms with Gasteiger partial charge < -0.3 is 16.2 Å². The van der Waals surface area contributed by atoms with Crippen LogP contribution in [0.4, 0.5) is 0 Å². The van der Waals surface area contributed by atoms with Crippen LogP contribution in [0.5, 0.6) is 0 Å². The quantitative estimate of drug-likeness (QED) is 0.493. The highest BCUT2D eigenvalue weighted by molar-refractivity contribution is 7.80. The molecule has 0 saturated carbocycles. The number of hydrogen-bond acceptors (Lipinski definition) is 4. The molecule has 1 saturated heterocycles. The molecule has 6 heteroatoms. The third-order valence-corrected chi connectivity index (χ3v) is 2.89. The van der Waals surface area contributed by atoms with Gasteiger partial charge in [0, 0.05) is 6.54 Å². The zero-order valence-corrected chi connectivity index (χ0v) is 10.2. The van der Waals surface area contributed by atoms with Crippen LogP contribution in [0.25, 0.3) is 0 Å². The Hall–Kier alpha value is -0.720. The fraction of sp³-hybridized carbons (Fsp3) is 0.800. The van der Waals surface area contributed by atoms with E-state index in [9.17, 15) is 4.79 Å². The normalized spacial score (nSPS) is 21.9. The second-order valence-electron chi connectivity index (χ2n) is 3.95. The first-order valence-corrected chi connectivity index (χ1v) is 5.91. The van der Waals surface area contributed by atoms with Crippen LogP contribution in [0.2, 0.25) is 0 Å². The number of rotatable bonds is 6. The van der Waals surface area contributed by atoms with Crippen molar-refractivity contribution in [2.45, 2.75) is 25.3 Å². The number of amides is 1. The molecule has 1 amide bonds. The molecule has 1 unspecified atom stereocenters. The van der Waals surface area contributed by atoms with Gasteiger partial charge in [0.1, 0.15) is 6.04 Å². The highest BCUT2D eigenvalue weighted by Gasteiger charge is 2.26. The lowest BCUT2D eigenvalue weighted by Crippen LogP contribution is -2.52. The summed E-state index contributed by atoms with van der Waals surface area (Å²) < 4.78 is 5.23. The summed E-state index contributed by atoms with van der Waals surface area (Å²) >= 11 is 4.80. The number of nitrogens with two attached hydrogens (primary N) is 2. The molecule has 0 bridgehead atoms. The molecule has 1 rings (SSSR count). The smallest absolute Gasteiger partial charge is 0.237 e. The Morgan fingerprint density at radius 1 is 1.44 bits per heavy atom. The van der Waals surface area contributed by atoms with Gasteiger partial charge in [-0.2, -0.15) is 0 Å². The number of hydrogen-bond donors (Lipinski definition) is 2. The maximum atomic E-state index is 11.2. The van der Waals surface area contributed by atoms with Crippen molar-refractivity contribution in [3.63, 3.8) is 0 Å². The van der Waals surface area contributed by atoms with E-state index in [4.69, 9.17) is 28.4 Å². The standard InChI is InChI=1S/C10H19N3O2S/c11-9(16)3-1-2-4-13-5-6-15-7-8(13)10(12)14/h8H,1-7H2,(H2,11,16)(H2,12,14). The average molecular weight is 245 g/mol. The van der Waals surface area contributed by atoms with Crippen LogP contribution in [0.1, 0.15) is 19.3 Å². The summed E-state index contributed by atoms with van der Waals surface area (Å²) in [6, 6.07) is -0.279. The van der Waals surface area contributed by atoms with Crippen molar-refractivity contribution in [2.75, 3.05) is 26.3 Å². The minimum Gasteiger partial charge on any atom is -0.393 e. The van der Waals surface area contributed by atoms with Crippen molar-refractivity contribution in [1.82, 2.24) is 4.90 Å². The average Bonchev–Trinajstić information content (AvgIpc) is 2.24. The third-order valence-electron chi connectivity index (χ3n) is 2.69. The maximum absolute atomic E-state index is 11.2. The summed E-state index contributed by atoms with van der Waals surface area (Å²) in [4.78, 5) is 13.8. The van der Waals surface area contributed by atoms with E-state index >= 15 is 0 Å². The molecule has 0 aromatic carbocycles. The molecule has 1 heterocycles. The summed E-state index contributed by atoms with van der Waals surface area (Å²) in [5, 5.41) is 0. The first-order chi connectivity index (χ1) is 7.61. The van der Waals surface area contributed by atoms with Crippen LogP contribution in [0, 0.1) is 0 Å². The number of unbranched alkanes of at least 4 members (excludes halogenated alkanes) is 1. The lowest BCUT2D eigenvalue weighted by atomic mass is 10.1. The van der Waals surface area contributed by atoms with Crippen LogP contribution >= 0.6 is 12.2 Å². The first-order valence-electron chi connectivity index (χ1n) is 5.50. The second kappa shape index (κ2) is 6.78. The van der Waals surface area contributed by atoms with Gasteiger partial charge in [0.25, 0.3) is 0 Å². The van der Waals surface area contributed by atoms with E-state index in [1.165, 1.54) is 0 Å². The van der Waals surface area contributed by atoms with E-state index < -0.39 is 0 Å². The molecular formula is C10H19N3O2S. The van der Waals surface area contributed by atoms with Crippen LogP contribution in [-0.2, 0) is 9.53 Å². The van der Waals surface area contributed by atoms with E-state index in [1.54, 1.807) is 0 Å². The molecule has 1 aliphatic heterocycles. The van der Waals surface area contributed by atoms with Crippen molar-refractivity contribution >= 4 is 23.1 Å². The van der Waals surface area contributed by atoms with E-state index in [1.807, 2.05) is 0 Å². The molecule has 0 spiro atoms. The Morgan fingerprint density at radius 3 is 2.81 bits per heavy atom. The molecule has 0 aromatic rings. The lowest BCUT2D eigenvalue weighted by Gasteiger charge is -2.33. The monoisotopic (exact) mass is 245 g/mol. The van der Waals surface area contributed by atoms with Crippen molar-refractivity contribution in [3.05, 3.63) is 0 Å². The largest absolute Gasteiger partial charge is 0.393 e. The fourth-order valence-electron chi connectivity index (χ4n) is 1.78. The summed E-state index contributed by atoms with van der Waals surface area (Å²) in [7, 11) is 0. The minimum atomic E-state index is -0.311. The molecule has 5 nitrogen and oxygen atoms in total.